The fourth-order valence-electron chi connectivity index (χ4n) is 2.01. The Labute approximate surface area is 93.5 Å². The van der Waals surface area contributed by atoms with Crippen molar-refractivity contribution in [2.45, 2.75) is 19.3 Å². The van der Waals surface area contributed by atoms with Crippen molar-refractivity contribution in [1.29, 1.82) is 0 Å². The van der Waals surface area contributed by atoms with Gasteiger partial charge in [0.25, 0.3) is 0 Å². The summed E-state index contributed by atoms with van der Waals surface area (Å²) in [5, 5.41) is 12.1. The molecule has 16 heavy (non-hydrogen) atoms. The van der Waals surface area contributed by atoms with Gasteiger partial charge >= 0.3 is 5.97 Å². The molecule has 0 unspecified atom stereocenters. The van der Waals surface area contributed by atoms with Gasteiger partial charge in [-0.3, -0.25) is 0 Å². The Morgan fingerprint density at radius 3 is 2.94 bits per heavy atom. The summed E-state index contributed by atoms with van der Waals surface area (Å²) in [6.07, 6.45) is 2.62. The first-order valence-corrected chi connectivity index (χ1v) is 5.19. The van der Waals surface area contributed by atoms with E-state index in [1.807, 2.05) is 12.1 Å². The molecule has 1 N–H and O–H groups in total. The summed E-state index contributed by atoms with van der Waals surface area (Å²) in [7, 11) is 1.36. The molecule has 0 bridgehead atoms. The average molecular weight is 219 g/mol. The van der Waals surface area contributed by atoms with Crippen molar-refractivity contribution >= 4 is 11.7 Å². The number of oxime groups is 1. The zero-order valence-corrected chi connectivity index (χ0v) is 9.06. The topological polar surface area (TPSA) is 58.9 Å². The van der Waals surface area contributed by atoms with Crippen molar-refractivity contribution in [3.8, 4) is 0 Å². The van der Waals surface area contributed by atoms with Crippen LogP contribution in [-0.2, 0) is 11.2 Å². The normalized spacial score (nSPS) is 16.9. The van der Waals surface area contributed by atoms with Gasteiger partial charge in [0.15, 0.2) is 0 Å². The van der Waals surface area contributed by atoms with Crippen LogP contribution in [0.4, 0.5) is 0 Å². The number of hydrogen-bond donors (Lipinski definition) is 1. The van der Waals surface area contributed by atoms with Crippen LogP contribution >= 0.6 is 0 Å². The van der Waals surface area contributed by atoms with Crippen LogP contribution in [0.25, 0.3) is 0 Å². The first-order chi connectivity index (χ1) is 7.76. The second kappa shape index (κ2) is 4.35. The zero-order valence-electron chi connectivity index (χ0n) is 9.06. The van der Waals surface area contributed by atoms with Crippen molar-refractivity contribution in [2.75, 3.05) is 7.11 Å². The largest absolute Gasteiger partial charge is 0.465 e. The Bertz CT molecular complexity index is 452. The molecule has 0 spiro atoms. The number of nitrogens with zero attached hydrogens (tertiary/aromatic N) is 1. The molecule has 1 aromatic carbocycles. The maximum atomic E-state index is 11.3. The summed E-state index contributed by atoms with van der Waals surface area (Å²) in [5.41, 5.74) is 3.21. The van der Waals surface area contributed by atoms with Crippen LogP contribution in [0.1, 0.15) is 34.3 Å². The van der Waals surface area contributed by atoms with E-state index in [4.69, 9.17) is 5.21 Å². The predicted octanol–water partition coefficient (Wildman–Crippen LogP) is 1.99. The maximum absolute atomic E-state index is 11.3. The van der Waals surface area contributed by atoms with E-state index in [-0.39, 0.29) is 5.97 Å². The third-order valence-corrected chi connectivity index (χ3v) is 2.82. The summed E-state index contributed by atoms with van der Waals surface area (Å²) >= 11 is 0. The van der Waals surface area contributed by atoms with Gasteiger partial charge in [0, 0.05) is 5.56 Å². The minimum absolute atomic E-state index is 0.337. The van der Waals surface area contributed by atoms with Gasteiger partial charge < -0.3 is 9.94 Å². The summed E-state index contributed by atoms with van der Waals surface area (Å²) in [6.45, 7) is 0. The lowest BCUT2D eigenvalue weighted by atomic mass is 9.89. The Balaban J connectivity index is 2.43. The van der Waals surface area contributed by atoms with Gasteiger partial charge in [-0.2, -0.15) is 0 Å². The standard InChI is InChI=1S/C12H13NO3/c1-16-12(14)9-5-6-10-8(7-9)3-2-4-11(10)13-15/h5-7,15H,2-4H2,1H3/b13-11-. The second-order valence-electron chi connectivity index (χ2n) is 3.76. The zero-order chi connectivity index (χ0) is 11.5. The number of aryl methyl sites for hydroxylation is 1. The Kier molecular flexibility index (Phi) is 2.90. The van der Waals surface area contributed by atoms with Crippen LogP contribution in [-0.4, -0.2) is 24.0 Å². The monoisotopic (exact) mass is 219 g/mol. The number of benzene rings is 1. The summed E-state index contributed by atoms with van der Waals surface area (Å²) in [5.74, 6) is -0.337. The van der Waals surface area contributed by atoms with Gasteiger partial charge in [0.05, 0.1) is 18.4 Å². The smallest absolute Gasteiger partial charge is 0.337 e. The van der Waals surface area contributed by atoms with E-state index in [2.05, 4.69) is 9.89 Å². The Hall–Kier alpha value is -1.84. The third kappa shape index (κ3) is 1.78. The summed E-state index contributed by atoms with van der Waals surface area (Å²) < 4.78 is 4.66. The summed E-state index contributed by atoms with van der Waals surface area (Å²) in [4.78, 5) is 11.3. The first-order valence-electron chi connectivity index (χ1n) is 5.19. The average Bonchev–Trinajstić information content (AvgIpc) is 2.36. The van der Waals surface area contributed by atoms with E-state index in [0.717, 1.165) is 30.4 Å². The van der Waals surface area contributed by atoms with Gasteiger partial charge in [0.1, 0.15) is 0 Å². The van der Waals surface area contributed by atoms with Crippen molar-refractivity contribution in [1.82, 2.24) is 0 Å². The summed E-state index contributed by atoms with van der Waals surface area (Å²) in [6, 6.07) is 5.32. The van der Waals surface area contributed by atoms with E-state index < -0.39 is 0 Å². The molecule has 0 aromatic heterocycles. The highest BCUT2D eigenvalue weighted by molar-refractivity contribution is 6.03. The lowest BCUT2D eigenvalue weighted by Crippen LogP contribution is -2.13. The lowest BCUT2D eigenvalue weighted by molar-refractivity contribution is 0.0600. The first kappa shape index (κ1) is 10.7. The molecule has 0 saturated heterocycles. The molecule has 0 aliphatic heterocycles. The molecule has 0 radical (unpaired) electrons. The fraction of sp³-hybridized carbons (Fsp3) is 0.333. The molecule has 0 fully saturated rings. The minimum atomic E-state index is -0.337. The fourth-order valence-corrected chi connectivity index (χ4v) is 2.01. The minimum Gasteiger partial charge on any atom is -0.465 e. The van der Waals surface area contributed by atoms with E-state index >= 15 is 0 Å². The number of ether oxygens (including phenoxy) is 1. The molecule has 0 saturated carbocycles. The van der Waals surface area contributed by atoms with Crippen LogP contribution in [0.15, 0.2) is 23.4 Å². The van der Waals surface area contributed by atoms with Crippen LogP contribution in [0.5, 0.6) is 0 Å². The SMILES string of the molecule is COC(=O)c1ccc2c(c1)CCC/C2=N/O. The van der Waals surface area contributed by atoms with Crippen LogP contribution in [0.2, 0.25) is 0 Å². The highest BCUT2D eigenvalue weighted by atomic mass is 16.5. The van der Waals surface area contributed by atoms with Gasteiger partial charge in [-0.05, 0) is 37.0 Å². The van der Waals surface area contributed by atoms with E-state index in [0.29, 0.717) is 11.3 Å². The van der Waals surface area contributed by atoms with Gasteiger partial charge in [-0.1, -0.05) is 11.2 Å². The van der Waals surface area contributed by atoms with Gasteiger partial charge in [-0.25, -0.2) is 4.79 Å². The number of rotatable bonds is 1. The van der Waals surface area contributed by atoms with Crippen molar-refractivity contribution in [2.24, 2.45) is 5.16 Å². The quantitative estimate of drug-likeness (QED) is 0.446. The highest BCUT2D eigenvalue weighted by Crippen LogP contribution is 2.23. The van der Waals surface area contributed by atoms with Crippen LogP contribution in [0, 0.1) is 0 Å². The third-order valence-electron chi connectivity index (χ3n) is 2.82. The second-order valence-corrected chi connectivity index (χ2v) is 3.76. The van der Waals surface area contributed by atoms with Gasteiger partial charge in [0.2, 0.25) is 0 Å². The van der Waals surface area contributed by atoms with Crippen LogP contribution < -0.4 is 0 Å². The van der Waals surface area contributed by atoms with E-state index in [1.54, 1.807) is 6.07 Å². The van der Waals surface area contributed by atoms with Crippen molar-refractivity contribution in [3.63, 3.8) is 0 Å². The molecule has 4 heteroatoms. The Morgan fingerprint density at radius 1 is 1.44 bits per heavy atom. The number of methoxy groups -OCH3 is 1. The molecular weight excluding hydrogens is 206 g/mol. The highest BCUT2D eigenvalue weighted by Gasteiger charge is 2.17. The number of hydrogen-bond acceptors (Lipinski definition) is 4. The predicted molar refractivity (Wildman–Crippen MR) is 59.0 cm³/mol. The van der Waals surface area contributed by atoms with Crippen LogP contribution in [0.3, 0.4) is 0 Å². The van der Waals surface area contributed by atoms with E-state index in [9.17, 15) is 4.79 Å². The molecule has 0 heterocycles. The van der Waals surface area contributed by atoms with Crippen molar-refractivity contribution in [3.05, 3.63) is 34.9 Å². The number of fused-ring (bicyclic) bond motifs is 1. The molecular formula is C12H13NO3. The van der Waals surface area contributed by atoms with Crippen molar-refractivity contribution < 1.29 is 14.7 Å². The molecule has 4 nitrogen and oxygen atoms in total. The molecule has 1 aliphatic carbocycles. The lowest BCUT2D eigenvalue weighted by Gasteiger charge is -2.17. The Morgan fingerprint density at radius 2 is 2.25 bits per heavy atom. The molecule has 1 aromatic rings. The molecule has 0 amide bonds. The number of carbonyl (C=O) groups is 1. The molecule has 84 valence electrons. The molecule has 0 atom stereocenters. The maximum Gasteiger partial charge on any atom is 0.337 e. The molecule has 1 aliphatic rings. The van der Waals surface area contributed by atoms with E-state index in [1.165, 1.54) is 7.11 Å². The molecule has 2 rings (SSSR count). The van der Waals surface area contributed by atoms with Gasteiger partial charge in [-0.15, -0.1) is 0 Å². The number of carbonyl (C=O) groups excluding carboxylic acids is 1. The number of esters is 1.